The van der Waals surface area contributed by atoms with Crippen LogP contribution in [0.25, 0.3) is 10.9 Å². The number of hydrogen-bond acceptors (Lipinski definition) is 6. The number of Topliss-reactive ketones (excluding diaryl/α,β-unsaturated/α-hetero) is 1. The topological polar surface area (TPSA) is 90.3 Å². The molecule has 3 aromatic rings. The van der Waals surface area contributed by atoms with E-state index in [4.69, 9.17) is 9.72 Å². The Hall–Kier alpha value is -2.97. The van der Waals surface area contributed by atoms with Crippen molar-refractivity contribution in [3.05, 3.63) is 64.4 Å². The fraction of sp³-hybridized carbons (Fsp3) is 0.333. The molecule has 32 heavy (non-hydrogen) atoms. The second-order valence-corrected chi connectivity index (χ2v) is 9.15. The number of aromatic nitrogens is 2. The Morgan fingerprint density at radius 3 is 2.66 bits per heavy atom. The second kappa shape index (κ2) is 9.67. The van der Waals surface area contributed by atoms with E-state index in [9.17, 15) is 14.4 Å². The van der Waals surface area contributed by atoms with E-state index in [2.05, 4.69) is 5.32 Å². The van der Waals surface area contributed by atoms with Gasteiger partial charge < -0.3 is 10.1 Å². The number of carbonyl (C=O) groups is 2. The average molecular weight is 452 g/mol. The third kappa shape index (κ3) is 4.92. The van der Waals surface area contributed by atoms with Gasteiger partial charge in [-0.05, 0) is 56.2 Å². The van der Waals surface area contributed by atoms with Crippen molar-refractivity contribution in [2.45, 2.75) is 49.7 Å². The number of fused-ring (bicyclic) bond motifs is 1. The summed E-state index contributed by atoms with van der Waals surface area (Å²) in [6.45, 7) is 4.37. The molecular weight excluding hydrogens is 426 g/mol. The third-order valence-electron chi connectivity index (χ3n) is 5.38. The zero-order valence-corrected chi connectivity index (χ0v) is 18.9. The Morgan fingerprint density at radius 2 is 1.97 bits per heavy atom. The number of rotatable bonds is 7. The van der Waals surface area contributed by atoms with Gasteiger partial charge in [-0.1, -0.05) is 23.9 Å². The largest absolute Gasteiger partial charge is 0.376 e. The first kappa shape index (κ1) is 22.2. The van der Waals surface area contributed by atoms with Crippen molar-refractivity contribution in [1.29, 1.82) is 0 Å². The maximum atomic E-state index is 13.2. The van der Waals surface area contributed by atoms with Crippen LogP contribution in [0.4, 0.5) is 5.69 Å². The van der Waals surface area contributed by atoms with Crippen LogP contribution in [-0.4, -0.2) is 39.2 Å². The first-order valence-corrected chi connectivity index (χ1v) is 11.5. The second-order valence-electron chi connectivity index (χ2n) is 7.85. The van der Waals surface area contributed by atoms with Gasteiger partial charge in [0.1, 0.15) is 0 Å². The summed E-state index contributed by atoms with van der Waals surface area (Å²) >= 11 is 1.28. The molecule has 1 saturated heterocycles. The van der Waals surface area contributed by atoms with E-state index in [1.807, 2.05) is 25.1 Å². The molecular formula is C24H25N3O4S. The molecule has 8 heteroatoms. The number of thioether (sulfide) groups is 1. The highest BCUT2D eigenvalue weighted by Gasteiger charge is 2.23. The molecule has 0 spiro atoms. The van der Waals surface area contributed by atoms with Crippen LogP contribution in [0.1, 0.15) is 37.0 Å². The zero-order chi connectivity index (χ0) is 22.7. The van der Waals surface area contributed by atoms with Gasteiger partial charge in [-0.3, -0.25) is 19.0 Å². The Balaban J connectivity index is 1.61. The van der Waals surface area contributed by atoms with E-state index in [-0.39, 0.29) is 23.4 Å². The molecule has 166 valence electrons. The molecule has 0 aliphatic carbocycles. The number of nitrogens with one attached hydrogen (secondary N) is 1. The molecule has 1 aromatic heterocycles. The number of hydrogen-bond donors (Lipinski definition) is 1. The maximum absolute atomic E-state index is 13.2. The lowest BCUT2D eigenvalue weighted by molar-refractivity contribution is -0.114. The van der Waals surface area contributed by atoms with Crippen LogP contribution in [0, 0.1) is 0 Å². The van der Waals surface area contributed by atoms with E-state index in [0.717, 1.165) is 12.8 Å². The van der Waals surface area contributed by atoms with Crippen LogP contribution in [0.5, 0.6) is 0 Å². The summed E-state index contributed by atoms with van der Waals surface area (Å²) in [5, 5.41) is 3.31. The minimum absolute atomic E-state index is 0.0256. The summed E-state index contributed by atoms with van der Waals surface area (Å²) in [6.07, 6.45) is 1.85. The van der Waals surface area contributed by atoms with Crippen LogP contribution in [-0.2, 0) is 16.1 Å². The minimum atomic E-state index is -0.453. The van der Waals surface area contributed by atoms with Crippen LogP contribution in [0.3, 0.4) is 0 Å². The van der Waals surface area contributed by atoms with Gasteiger partial charge in [0.05, 0.1) is 28.8 Å². The Kier molecular flexibility index (Phi) is 6.72. The summed E-state index contributed by atoms with van der Waals surface area (Å²) in [4.78, 5) is 42.2. The lowest BCUT2D eigenvalue weighted by Crippen LogP contribution is -2.29. The molecule has 0 bridgehead atoms. The predicted octanol–water partition coefficient (Wildman–Crippen LogP) is 3.90. The number of benzene rings is 2. The van der Waals surface area contributed by atoms with Crippen molar-refractivity contribution in [3.63, 3.8) is 0 Å². The number of para-hydroxylation sites is 1. The van der Waals surface area contributed by atoms with Crippen molar-refractivity contribution in [2.24, 2.45) is 0 Å². The van der Waals surface area contributed by atoms with E-state index in [0.29, 0.717) is 40.5 Å². The summed E-state index contributed by atoms with van der Waals surface area (Å²) in [5.41, 5.74) is 1.67. The van der Waals surface area contributed by atoms with Crippen LogP contribution in [0.2, 0.25) is 0 Å². The van der Waals surface area contributed by atoms with Gasteiger partial charge in [0.25, 0.3) is 5.56 Å². The molecule has 1 aliphatic rings. The Morgan fingerprint density at radius 1 is 1.22 bits per heavy atom. The molecule has 2 heterocycles. The van der Waals surface area contributed by atoms with Crippen LogP contribution < -0.4 is 10.9 Å². The molecule has 0 radical (unpaired) electrons. The normalized spacial score (nSPS) is 16.8. The number of ketones is 1. The molecule has 2 atom stereocenters. The van der Waals surface area contributed by atoms with Gasteiger partial charge >= 0.3 is 0 Å². The standard InChI is InChI=1S/C24H25N3O4S/c1-15(22(29)17-9-11-18(12-10-17)25-16(2)28)32-24-26-21-8-4-3-7-20(21)23(30)27(24)14-19-6-5-13-31-19/h3-4,7-12,15,19H,5-6,13-14H2,1-2H3,(H,25,28)/t15-,19+/m0/s1. The number of nitrogens with zero attached hydrogens (tertiary/aromatic N) is 2. The van der Waals surface area contributed by atoms with Gasteiger partial charge in [-0.15, -0.1) is 0 Å². The van der Waals surface area contributed by atoms with Crippen molar-refractivity contribution < 1.29 is 14.3 Å². The smallest absolute Gasteiger partial charge is 0.262 e. The van der Waals surface area contributed by atoms with Gasteiger partial charge in [0.2, 0.25) is 5.91 Å². The lowest BCUT2D eigenvalue weighted by Gasteiger charge is -2.18. The number of carbonyl (C=O) groups excluding carboxylic acids is 2. The number of ether oxygens (including phenoxy) is 1. The molecule has 1 fully saturated rings. The fourth-order valence-corrected chi connectivity index (χ4v) is 4.75. The van der Waals surface area contributed by atoms with E-state index >= 15 is 0 Å². The monoisotopic (exact) mass is 451 g/mol. The molecule has 2 aromatic carbocycles. The van der Waals surface area contributed by atoms with E-state index < -0.39 is 5.25 Å². The minimum Gasteiger partial charge on any atom is -0.376 e. The Labute approximate surface area is 190 Å². The molecule has 0 saturated carbocycles. The summed E-state index contributed by atoms with van der Waals surface area (Å²) in [5.74, 6) is -0.241. The quantitative estimate of drug-likeness (QED) is 0.333. The first-order valence-electron chi connectivity index (χ1n) is 10.6. The highest BCUT2D eigenvalue weighted by Crippen LogP contribution is 2.26. The van der Waals surface area contributed by atoms with Gasteiger partial charge in [0.15, 0.2) is 10.9 Å². The highest BCUT2D eigenvalue weighted by atomic mass is 32.2. The zero-order valence-electron chi connectivity index (χ0n) is 18.0. The first-order chi connectivity index (χ1) is 15.4. The van der Waals surface area contributed by atoms with Crippen LogP contribution >= 0.6 is 11.8 Å². The molecule has 1 N–H and O–H groups in total. The van der Waals surface area contributed by atoms with Crippen molar-refractivity contribution in [3.8, 4) is 0 Å². The predicted molar refractivity (Wildman–Crippen MR) is 125 cm³/mol. The summed E-state index contributed by atoms with van der Waals surface area (Å²) in [6, 6.07) is 14.0. The third-order valence-corrected chi connectivity index (χ3v) is 6.47. The van der Waals surface area contributed by atoms with Gasteiger partial charge in [0, 0.05) is 24.8 Å². The SMILES string of the molecule is CC(=O)Nc1ccc(C(=O)[C@H](C)Sc2nc3ccccc3c(=O)n2C[C@H]2CCCO2)cc1. The van der Waals surface area contributed by atoms with Crippen molar-refractivity contribution >= 4 is 40.0 Å². The number of anilines is 1. The van der Waals surface area contributed by atoms with Gasteiger partial charge in [-0.2, -0.15) is 0 Å². The van der Waals surface area contributed by atoms with Crippen molar-refractivity contribution in [2.75, 3.05) is 11.9 Å². The van der Waals surface area contributed by atoms with Crippen LogP contribution in [0.15, 0.2) is 58.5 Å². The molecule has 1 amide bonds. The highest BCUT2D eigenvalue weighted by molar-refractivity contribution is 8.00. The summed E-state index contributed by atoms with van der Waals surface area (Å²) < 4.78 is 7.39. The lowest BCUT2D eigenvalue weighted by atomic mass is 10.1. The summed E-state index contributed by atoms with van der Waals surface area (Å²) in [7, 11) is 0. The van der Waals surface area contributed by atoms with Gasteiger partial charge in [-0.25, -0.2) is 4.98 Å². The maximum Gasteiger partial charge on any atom is 0.262 e. The average Bonchev–Trinajstić information content (AvgIpc) is 3.29. The molecule has 1 aliphatic heterocycles. The Bertz CT molecular complexity index is 1200. The van der Waals surface area contributed by atoms with E-state index in [1.165, 1.54) is 18.7 Å². The number of amides is 1. The molecule has 0 unspecified atom stereocenters. The van der Waals surface area contributed by atoms with Crippen molar-refractivity contribution in [1.82, 2.24) is 9.55 Å². The van der Waals surface area contributed by atoms with E-state index in [1.54, 1.807) is 34.9 Å². The fourth-order valence-electron chi connectivity index (χ4n) is 3.76. The molecule has 7 nitrogen and oxygen atoms in total. The molecule has 4 rings (SSSR count).